The molecule has 27 heavy (non-hydrogen) atoms. The van der Waals surface area contributed by atoms with Gasteiger partial charge in [-0.3, -0.25) is 19.2 Å². The normalized spacial score (nSPS) is 11.1. The molecule has 0 heterocycles. The summed E-state index contributed by atoms with van der Waals surface area (Å²) in [5.41, 5.74) is -0.354. The Hall–Kier alpha value is -3.08. The summed E-state index contributed by atoms with van der Waals surface area (Å²) in [5, 5.41) is 13.1. The van der Waals surface area contributed by atoms with Crippen LogP contribution < -0.4 is 9.62 Å². The van der Waals surface area contributed by atoms with Crippen LogP contribution >= 0.6 is 0 Å². The number of hydrogen-bond donors (Lipinski definition) is 1. The molecule has 0 spiro atoms. The van der Waals surface area contributed by atoms with Crippen molar-refractivity contribution in [3.05, 3.63) is 63.7 Å². The van der Waals surface area contributed by atoms with Crippen molar-refractivity contribution in [3.63, 3.8) is 0 Å². The molecule has 8 nitrogen and oxygen atoms in total. The summed E-state index contributed by atoms with van der Waals surface area (Å²) in [6.45, 7) is 0.770. The summed E-state index contributed by atoms with van der Waals surface area (Å²) < 4.78 is 51.5. The molecule has 0 radical (unpaired) electrons. The number of nitro groups is 1. The standard InChI is InChI=1S/C16H15F2N3O5S/c1-10-3-5-12(21(23)24)8-15(10)20(27(2,25)26)9-16(22)19-14-6-4-11(17)7-13(14)18/h3-8H,9H2,1-2H3,(H,19,22). The van der Waals surface area contributed by atoms with Gasteiger partial charge in [0.15, 0.2) is 0 Å². The lowest BCUT2D eigenvalue weighted by molar-refractivity contribution is -0.384. The molecule has 144 valence electrons. The van der Waals surface area contributed by atoms with E-state index in [1.165, 1.54) is 19.1 Å². The van der Waals surface area contributed by atoms with E-state index >= 15 is 0 Å². The van der Waals surface area contributed by atoms with E-state index in [2.05, 4.69) is 5.32 Å². The number of amides is 1. The summed E-state index contributed by atoms with van der Waals surface area (Å²) >= 11 is 0. The molecule has 0 fully saturated rings. The Balaban J connectivity index is 2.34. The molecular weight excluding hydrogens is 384 g/mol. The molecule has 0 saturated carbocycles. The van der Waals surface area contributed by atoms with Gasteiger partial charge in [0.1, 0.15) is 18.2 Å². The second-order valence-electron chi connectivity index (χ2n) is 5.67. The number of anilines is 2. The first-order valence-corrected chi connectivity index (χ1v) is 9.31. The molecule has 1 amide bonds. The summed E-state index contributed by atoms with van der Waals surface area (Å²) in [6.07, 6.45) is 0.830. The third-order valence-electron chi connectivity index (χ3n) is 3.56. The van der Waals surface area contributed by atoms with E-state index in [0.717, 1.165) is 24.5 Å². The zero-order valence-corrected chi connectivity index (χ0v) is 15.1. The molecule has 0 saturated heterocycles. The van der Waals surface area contributed by atoms with E-state index in [9.17, 15) is 32.1 Å². The number of carbonyl (C=O) groups excluding carboxylic acids is 1. The van der Waals surface area contributed by atoms with Crippen LogP contribution in [-0.2, 0) is 14.8 Å². The number of carbonyl (C=O) groups is 1. The van der Waals surface area contributed by atoms with Crippen LogP contribution in [0.15, 0.2) is 36.4 Å². The zero-order chi connectivity index (χ0) is 20.4. The van der Waals surface area contributed by atoms with Crippen LogP contribution in [0.1, 0.15) is 5.56 Å². The molecule has 11 heteroatoms. The SMILES string of the molecule is Cc1ccc([N+](=O)[O-])cc1N(CC(=O)Nc1ccc(F)cc1F)S(C)(=O)=O. The number of nitro benzene ring substituents is 1. The average molecular weight is 399 g/mol. The maximum Gasteiger partial charge on any atom is 0.271 e. The van der Waals surface area contributed by atoms with E-state index < -0.39 is 39.0 Å². The summed E-state index contributed by atoms with van der Waals surface area (Å²) in [4.78, 5) is 22.5. The highest BCUT2D eigenvalue weighted by atomic mass is 32.2. The number of hydrogen-bond acceptors (Lipinski definition) is 5. The predicted octanol–water partition coefficient (Wildman–Crippen LogP) is 2.59. The molecule has 0 aliphatic heterocycles. The van der Waals surface area contributed by atoms with Crippen molar-refractivity contribution < 1.29 is 26.9 Å². The lowest BCUT2D eigenvalue weighted by Crippen LogP contribution is -2.38. The van der Waals surface area contributed by atoms with Gasteiger partial charge in [0.2, 0.25) is 15.9 Å². The molecule has 0 bridgehead atoms. The van der Waals surface area contributed by atoms with Crippen LogP contribution in [0.3, 0.4) is 0 Å². The highest BCUT2D eigenvalue weighted by Gasteiger charge is 2.24. The Kier molecular flexibility index (Phi) is 5.74. The highest BCUT2D eigenvalue weighted by molar-refractivity contribution is 7.92. The Morgan fingerprint density at radius 1 is 1.22 bits per heavy atom. The van der Waals surface area contributed by atoms with Crippen molar-refractivity contribution in [1.29, 1.82) is 0 Å². The third kappa shape index (κ3) is 4.97. The minimum atomic E-state index is -3.99. The van der Waals surface area contributed by atoms with Gasteiger partial charge in [-0.2, -0.15) is 0 Å². The van der Waals surface area contributed by atoms with Gasteiger partial charge >= 0.3 is 0 Å². The summed E-state index contributed by atoms with van der Waals surface area (Å²) in [6, 6.07) is 6.07. The number of nitrogens with zero attached hydrogens (tertiary/aromatic N) is 2. The number of rotatable bonds is 6. The van der Waals surface area contributed by atoms with Crippen LogP contribution in [0.25, 0.3) is 0 Å². The number of non-ortho nitro benzene ring substituents is 1. The van der Waals surface area contributed by atoms with Crippen LogP contribution in [0.2, 0.25) is 0 Å². The minimum Gasteiger partial charge on any atom is -0.322 e. The van der Waals surface area contributed by atoms with Gasteiger partial charge in [0.05, 0.1) is 22.6 Å². The molecule has 0 atom stereocenters. The fourth-order valence-corrected chi connectivity index (χ4v) is 3.18. The quantitative estimate of drug-likeness (QED) is 0.593. The van der Waals surface area contributed by atoms with Crippen molar-refractivity contribution in [2.45, 2.75) is 6.92 Å². The van der Waals surface area contributed by atoms with Crippen LogP contribution in [0, 0.1) is 28.7 Å². The first-order chi connectivity index (χ1) is 12.5. The van der Waals surface area contributed by atoms with Crippen molar-refractivity contribution in [2.24, 2.45) is 0 Å². The Bertz CT molecular complexity index is 1010. The topological polar surface area (TPSA) is 110 Å². The molecule has 2 rings (SSSR count). The third-order valence-corrected chi connectivity index (χ3v) is 4.69. The maximum absolute atomic E-state index is 13.6. The van der Waals surface area contributed by atoms with Crippen molar-refractivity contribution in [2.75, 3.05) is 22.4 Å². The predicted molar refractivity (Wildman–Crippen MR) is 95.0 cm³/mol. The molecule has 0 aliphatic carbocycles. The molecule has 0 aliphatic rings. The second kappa shape index (κ2) is 7.66. The monoisotopic (exact) mass is 399 g/mol. The second-order valence-corrected chi connectivity index (χ2v) is 7.58. The first-order valence-electron chi connectivity index (χ1n) is 7.46. The smallest absolute Gasteiger partial charge is 0.271 e. The largest absolute Gasteiger partial charge is 0.322 e. The van der Waals surface area contributed by atoms with E-state index in [4.69, 9.17) is 0 Å². The van der Waals surface area contributed by atoms with Crippen LogP contribution in [0.5, 0.6) is 0 Å². The molecule has 2 aromatic rings. The molecule has 0 unspecified atom stereocenters. The first kappa shape index (κ1) is 20.2. The van der Waals surface area contributed by atoms with E-state index in [1.54, 1.807) is 0 Å². The fraction of sp³-hybridized carbons (Fsp3) is 0.188. The summed E-state index contributed by atoms with van der Waals surface area (Å²) in [7, 11) is -3.99. The summed E-state index contributed by atoms with van der Waals surface area (Å²) in [5.74, 6) is -2.77. The van der Waals surface area contributed by atoms with Crippen molar-refractivity contribution >= 4 is 33.0 Å². The van der Waals surface area contributed by atoms with Crippen molar-refractivity contribution in [3.8, 4) is 0 Å². The Morgan fingerprint density at radius 3 is 2.44 bits per heavy atom. The number of halogens is 2. The van der Waals surface area contributed by atoms with Gasteiger partial charge in [-0.15, -0.1) is 0 Å². The van der Waals surface area contributed by atoms with E-state index in [1.807, 2.05) is 0 Å². The lowest BCUT2D eigenvalue weighted by atomic mass is 10.2. The van der Waals surface area contributed by atoms with Gasteiger partial charge in [0, 0.05) is 18.2 Å². The minimum absolute atomic E-state index is 0.0542. The molecule has 2 aromatic carbocycles. The fourth-order valence-electron chi connectivity index (χ4n) is 2.27. The number of aryl methyl sites for hydroxylation is 1. The Labute approximate surface area is 153 Å². The lowest BCUT2D eigenvalue weighted by Gasteiger charge is -2.23. The number of sulfonamides is 1. The van der Waals surface area contributed by atoms with Crippen LogP contribution in [-0.4, -0.2) is 32.0 Å². The van der Waals surface area contributed by atoms with E-state index in [0.29, 0.717) is 15.9 Å². The van der Waals surface area contributed by atoms with Gasteiger partial charge in [-0.05, 0) is 24.6 Å². The average Bonchev–Trinajstić information content (AvgIpc) is 2.55. The molecule has 1 N–H and O–H groups in total. The van der Waals surface area contributed by atoms with Gasteiger partial charge < -0.3 is 5.32 Å². The zero-order valence-electron chi connectivity index (χ0n) is 14.3. The molecule has 0 aromatic heterocycles. The molecular formula is C16H15F2N3O5S. The van der Waals surface area contributed by atoms with Gasteiger partial charge in [-0.1, -0.05) is 6.07 Å². The highest BCUT2D eigenvalue weighted by Crippen LogP contribution is 2.27. The van der Waals surface area contributed by atoms with E-state index in [-0.39, 0.29) is 17.1 Å². The maximum atomic E-state index is 13.6. The van der Waals surface area contributed by atoms with Crippen LogP contribution in [0.4, 0.5) is 25.8 Å². The number of benzene rings is 2. The van der Waals surface area contributed by atoms with Gasteiger partial charge in [0.25, 0.3) is 5.69 Å². The van der Waals surface area contributed by atoms with Crippen molar-refractivity contribution in [1.82, 2.24) is 0 Å². The number of nitrogens with one attached hydrogen (secondary N) is 1. The van der Waals surface area contributed by atoms with Gasteiger partial charge in [-0.25, -0.2) is 17.2 Å². The Morgan fingerprint density at radius 2 is 1.89 bits per heavy atom.